The van der Waals surface area contributed by atoms with Crippen LogP contribution < -0.4 is 16.4 Å². The van der Waals surface area contributed by atoms with Crippen LogP contribution in [0.5, 0.6) is 0 Å². The maximum atomic E-state index is 14.4. The number of nitrogens with two attached hydrogens (primary N) is 1. The number of carbonyl (C=O) groups is 1. The predicted molar refractivity (Wildman–Crippen MR) is 147 cm³/mol. The number of pyridine rings is 1. The highest BCUT2D eigenvalue weighted by Gasteiger charge is 2.21. The second-order valence-corrected chi connectivity index (χ2v) is 8.35. The molecule has 4 rings (SSSR count). The molecule has 1 atom stereocenters. The summed E-state index contributed by atoms with van der Waals surface area (Å²) >= 11 is 6.41. The maximum Gasteiger partial charge on any atom is 0.271 e. The van der Waals surface area contributed by atoms with Crippen LogP contribution in [-0.4, -0.2) is 38.9 Å². The van der Waals surface area contributed by atoms with Crippen LogP contribution in [0.15, 0.2) is 61.2 Å². The van der Waals surface area contributed by atoms with Gasteiger partial charge < -0.3 is 21.5 Å². The van der Waals surface area contributed by atoms with Crippen molar-refractivity contribution in [3.05, 3.63) is 89.1 Å². The summed E-state index contributed by atoms with van der Waals surface area (Å²) in [6.07, 6.45) is 8.38. The average Bonchev–Trinajstić information content (AvgIpc) is 3.35. The number of amides is 1. The highest BCUT2D eigenvalue weighted by Crippen LogP contribution is 2.32. The Morgan fingerprint density at radius 2 is 2.00 bits per heavy atom. The number of benzene rings is 1. The van der Waals surface area contributed by atoms with Crippen molar-refractivity contribution in [3.8, 4) is 11.3 Å². The number of nitrogen functional groups attached to an aromatic ring is 1. The molecule has 2 heterocycles. The topological polar surface area (TPSA) is 118 Å². The number of anilines is 2. The number of allylic oxidation sites excluding steroid dienone is 4. The lowest BCUT2D eigenvalue weighted by atomic mass is 10.0. The molecule has 11 heteroatoms. The fourth-order valence-electron chi connectivity index (χ4n) is 3.67. The lowest BCUT2D eigenvalue weighted by Gasteiger charge is -2.19. The van der Waals surface area contributed by atoms with Crippen molar-refractivity contribution < 1.29 is 18.7 Å². The number of hydrogen-bond donors (Lipinski definition) is 4. The Bertz CT molecular complexity index is 1390. The molecule has 0 spiro atoms. The van der Waals surface area contributed by atoms with Gasteiger partial charge >= 0.3 is 0 Å². The third-order valence-corrected chi connectivity index (χ3v) is 5.77. The van der Waals surface area contributed by atoms with Crippen molar-refractivity contribution in [2.24, 2.45) is 0 Å². The van der Waals surface area contributed by atoms with Crippen molar-refractivity contribution in [1.82, 2.24) is 20.1 Å². The molecule has 0 saturated carbocycles. The zero-order valence-corrected chi connectivity index (χ0v) is 21.8. The number of rotatable bonds is 8. The zero-order chi connectivity index (χ0) is 27.8. The Balaban J connectivity index is 0.00000195. The summed E-state index contributed by atoms with van der Waals surface area (Å²) < 4.78 is 29.6. The van der Waals surface area contributed by atoms with Crippen molar-refractivity contribution in [2.45, 2.75) is 26.3 Å². The van der Waals surface area contributed by atoms with E-state index in [1.54, 1.807) is 22.9 Å². The Morgan fingerprint density at radius 3 is 2.68 bits per heavy atom. The second kappa shape index (κ2) is 13.0. The number of aromatic nitrogens is 3. The van der Waals surface area contributed by atoms with Crippen LogP contribution >= 0.6 is 11.6 Å². The molecular weight excluding hydrogens is 514 g/mol. The molecule has 1 amide bonds. The van der Waals surface area contributed by atoms with Crippen molar-refractivity contribution in [3.63, 3.8) is 0 Å². The number of halogens is 3. The average molecular weight is 543 g/mol. The molecule has 1 unspecified atom stereocenters. The summed E-state index contributed by atoms with van der Waals surface area (Å²) in [6.45, 7) is 7.95. The summed E-state index contributed by atoms with van der Waals surface area (Å²) in [7, 11) is 0. The third-order valence-electron chi connectivity index (χ3n) is 5.44. The summed E-state index contributed by atoms with van der Waals surface area (Å²) in [6, 6.07) is 6.71. The minimum atomic E-state index is -0.949. The minimum Gasteiger partial charge on any atom is -0.395 e. The van der Waals surface area contributed by atoms with Crippen LogP contribution in [-0.2, 0) is 0 Å². The largest absolute Gasteiger partial charge is 0.395 e. The van der Waals surface area contributed by atoms with Crippen molar-refractivity contribution >= 4 is 34.8 Å². The monoisotopic (exact) mass is 542 g/mol. The van der Waals surface area contributed by atoms with E-state index in [2.05, 4.69) is 27.3 Å². The first-order valence-electron chi connectivity index (χ1n) is 12.0. The summed E-state index contributed by atoms with van der Waals surface area (Å²) in [5, 5.41) is 19.5. The first-order valence-corrected chi connectivity index (χ1v) is 12.4. The molecule has 0 fully saturated rings. The summed E-state index contributed by atoms with van der Waals surface area (Å²) in [4.78, 5) is 16.3. The van der Waals surface area contributed by atoms with Crippen LogP contribution in [0.1, 0.15) is 42.4 Å². The standard InChI is InChI=1S/C25H23ClF2N6O2.C2H6/c1-14(17-11-15(7-8-18(17)26)23-19(27)12-20(28)24(29)32-23)31-22-13-21(25(36)30-9-10-35)33-34(22)16-5-3-2-4-6-16;1-2/h2-5,7-8,11-13,16,31,35H,1,6,9-10H2,(H2,29,32)(H,30,36);1-2H3. The summed E-state index contributed by atoms with van der Waals surface area (Å²) in [5.74, 6) is -2.22. The van der Waals surface area contributed by atoms with E-state index < -0.39 is 23.4 Å². The molecule has 0 bridgehead atoms. The van der Waals surface area contributed by atoms with E-state index in [1.807, 2.05) is 38.2 Å². The van der Waals surface area contributed by atoms with Gasteiger partial charge in [0.2, 0.25) is 0 Å². The fraction of sp³-hybridized carbons (Fsp3) is 0.222. The fourth-order valence-corrected chi connectivity index (χ4v) is 3.90. The Hall–Kier alpha value is -4.02. The van der Waals surface area contributed by atoms with Gasteiger partial charge in [-0.15, -0.1) is 0 Å². The Kier molecular flexibility index (Phi) is 9.75. The molecule has 0 radical (unpaired) electrons. The lowest BCUT2D eigenvalue weighted by molar-refractivity contribution is 0.0938. The van der Waals surface area contributed by atoms with Crippen LogP contribution in [0.2, 0.25) is 5.02 Å². The number of aliphatic hydroxyl groups is 1. The van der Waals surface area contributed by atoms with E-state index in [0.717, 1.165) is 0 Å². The van der Waals surface area contributed by atoms with Crippen molar-refractivity contribution in [2.75, 3.05) is 24.2 Å². The maximum absolute atomic E-state index is 14.4. The van der Waals surface area contributed by atoms with Crippen LogP contribution in [0, 0.1) is 11.6 Å². The number of nitrogens with zero attached hydrogens (tertiary/aromatic N) is 3. The molecule has 1 aromatic carbocycles. The van der Waals surface area contributed by atoms with Gasteiger partial charge in [0.25, 0.3) is 5.91 Å². The van der Waals surface area contributed by atoms with Crippen LogP contribution in [0.25, 0.3) is 17.0 Å². The van der Waals surface area contributed by atoms with E-state index in [0.29, 0.717) is 40.2 Å². The Labute approximate surface area is 224 Å². The van der Waals surface area contributed by atoms with Gasteiger partial charge in [0, 0.05) is 40.5 Å². The number of carbonyl (C=O) groups excluding carboxylic acids is 1. The normalized spacial score (nSPS) is 14.0. The molecule has 1 aliphatic carbocycles. The molecular formula is C27H29ClF2N6O2. The van der Waals surface area contributed by atoms with E-state index in [9.17, 15) is 13.6 Å². The van der Waals surface area contributed by atoms with Gasteiger partial charge in [0.05, 0.1) is 12.6 Å². The van der Waals surface area contributed by atoms with E-state index in [4.69, 9.17) is 22.4 Å². The van der Waals surface area contributed by atoms with Gasteiger partial charge in [-0.2, -0.15) is 5.10 Å². The van der Waals surface area contributed by atoms with E-state index >= 15 is 0 Å². The van der Waals surface area contributed by atoms with Gasteiger partial charge in [-0.25, -0.2) is 18.4 Å². The van der Waals surface area contributed by atoms with Gasteiger partial charge in [0.1, 0.15) is 11.5 Å². The van der Waals surface area contributed by atoms with Gasteiger partial charge in [0.15, 0.2) is 23.1 Å². The lowest BCUT2D eigenvalue weighted by Crippen LogP contribution is -2.27. The summed E-state index contributed by atoms with van der Waals surface area (Å²) in [5.41, 5.74) is 6.63. The van der Waals surface area contributed by atoms with Gasteiger partial charge in [-0.3, -0.25) is 4.79 Å². The van der Waals surface area contributed by atoms with E-state index in [-0.39, 0.29) is 30.6 Å². The van der Waals surface area contributed by atoms with Crippen LogP contribution in [0.3, 0.4) is 0 Å². The quantitative estimate of drug-likeness (QED) is 0.305. The number of aliphatic hydroxyl groups excluding tert-OH is 1. The van der Waals surface area contributed by atoms with E-state index in [1.165, 1.54) is 6.07 Å². The first-order chi connectivity index (χ1) is 18.3. The number of hydrogen-bond acceptors (Lipinski definition) is 6. The third kappa shape index (κ3) is 6.45. The SMILES string of the molecule is C=C(Nc1cc(C(=O)NCCO)nn1C1C=CC=CC1)c1cc(-c2nc(N)c(F)cc2F)ccc1Cl.CC. The highest BCUT2D eigenvalue weighted by molar-refractivity contribution is 6.32. The van der Waals surface area contributed by atoms with Crippen molar-refractivity contribution in [1.29, 1.82) is 0 Å². The predicted octanol–water partition coefficient (Wildman–Crippen LogP) is 5.35. The van der Waals surface area contributed by atoms with Gasteiger partial charge in [-0.05, 0) is 18.6 Å². The molecule has 8 nitrogen and oxygen atoms in total. The number of nitrogens with one attached hydrogen (secondary N) is 2. The first kappa shape index (κ1) is 28.5. The minimum absolute atomic E-state index is 0.0914. The molecule has 2 aromatic heterocycles. The second-order valence-electron chi connectivity index (χ2n) is 7.94. The molecule has 200 valence electrons. The molecule has 5 N–H and O–H groups in total. The molecule has 3 aromatic rings. The molecule has 0 aliphatic heterocycles. The van der Waals surface area contributed by atoms with Crippen LogP contribution in [0.4, 0.5) is 20.4 Å². The highest BCUT2D eigenvalue weighted by atomic mass is 35.5. The van der Waals surface area contributed by atoms with Gasteiger partial charge in [-0.1, -0.05) is 62.4 Å². The molecule has 38 heavy (non-hydrogen) atoms. The smallest absolute Gasteiger partial charge is 0.271 e. The zero-order valence-electron chi connectivity index (χ0n) is 21.0. The molecule has 0 saturated heterocycles. The molecule has 1 aliphatic rings. The Morgan fingerprint density at radius 1 is 1.24 bits per heavy atom.